The molecule has 1 unspecified atom stereocenters. The lowest BCUT2D eigenvalue weighted by Crippen LogP contribution is -2.43. The van der Waals surface area contributed by atoms with Crippen LogP contribution in [0, 0.1) is 21.1 Å². The highest BCUT2D eigenvalue weighted by Crippen LogP contribution is 2.38. The third-order valence-electron chi connectivity index (χ3n) is 6.73. The van der Waals surface area contributed by atoms with E-state index in [1.54, 1.807) is 12.1 Å². The fraction of sp³-hybridized carbons (Fsp3) is 0.400. The van der Waals surface area contributed by atoms with E-state index in [0.717, 1.165) is 6.42 Å². The van der Waals surface area contributed by atoms with Crippen LogP contribution in [0.2, 0.25) is 0 Å². The molecule has 1 amide bonds. The lowest BCUT2D eigenvalue weighted by Gasteiger charge is -2.34. The van der Waals surface area contributed by atoms with Crippen LogP contribution in [0.15, 0.2) is 46.4 Å². The molecule has 0 radical (unpaired) electrons. The SMILES string of the molecule is CC1([C@@H]2CC[C@H](O)C2)CN=C(N)C(c2ccc(C(=O)N[C@H](CO)c3cc(F)cc(I)c3)c(F)c2)=N1. The van der Waals surface area contributed by atoms with Gasteiger partial charge in [0.05, 0.1) is 36.4 Å². The molecule has 1 aliphatic carbocycles. The zero-order valence-electron chi connectivity index (χ0n) is 19.1. The van der Waals surface area contributed by atoms with Crippen LogP contribution in [0.4, 0.5) is 8.78 Å². The Kier molecular flexibility index (Phi) is 7.53. The number of aliphatic hydroxyl groups is 2. The standard InChI is InChI=1S/C25H27F2IN4O3/c1-25(15-3-4-18(34)9-15)12-30-23(29)22(32-25)13-2-5-19(20(27)8-13)24(35)31-21(11-33)14-6-16(26)10-17(28)7-14/h2,5-8,10,15,18,21,33-34H,3-4,9,11-12H2,1H3,(H2,29,30)(H,31,35)/t15-,18+,21-,25?/m1/s1. The van der Waals surface area contributed by atoms with Gasteiger partial charge in [-0.3, -0.25) is 14.8 Å². The summed E-state index contributed by atoms with van der Waals surface area (Å²) < 4.78 is 29.4. The summed E-state index contributed by atoms with van der Waals surface area (Å²) in [6.07, 6.45) is 1.82. The van der Waals surface area contributed by atoms with E-state index in [4.69, 9.17) is 10.7 Å². The van der Waals surface area contributed by atoms with Crippen molar-refractivity contribution in [1.82, 2.24) is 5.32 Å². The molecule has 0 bridgehead atoms. The summed E-state index contributed by atoms with van der Waals surface area (Å²) in [5.74, 6) is -1.70. The number of carbonyl (C=O) groups excluding carboxylic acids is 1. The molecule has 0 aromatic heterocycles. The number of hydrogen-bond acceptors (Lipinski definition) is 6. The van der Waals surface area contributed by atoms with E-state index in [0.29, 0.717) is 39.8 Å². The van der Waals surface area contributed by atoms with Crippen LogP contribution < -0.4 is 11.1 Å². The molecule has 2 aromatic carbocycles. The summed E-state index contributed by atoms with van der Waals surface area (Å²) in [5.41, 5.74) is 6.42. The van der Waals surface area contributed by atoms with Gasteiger partial charge in [-0.25, -0.2) is 8.78 Å². The van der Waals surface area contributed by atoms with Crippen molar-refractivity contribution in [2.24, 2.45) is 21.6 Å². The summed E-state index contributed by atoms with van der Waals surface area (Å²) in [4.78, 5) is 22.0. The average molecular weight is 596 g/mol. The lowest BCUT2D eigenvalue weighted by molar-refractivity contribution is 0.0912. The maximum atomic E-state index is 15.1. The Bertz CT molecular complexity index is 1180. The van der Waals surface area contributed by atoms with Crippen LogP contribution in [0.3, 0.4) is 0 Å². The van der Waals surface area contributed by atoms with E-state index >= 15 is 4.39 Å². The first-order valence-electron chi connectivity index (χ1n) is 11.4. The van der Waals surface area contributed by atoms with E-state index < -0.39 is 35.7 Å². The first-order chi connectivity index (χ1) is 16.6. The number of halogens is 3. The number of amidine groups is 1. The van der Waals surface area contributed by atoms with Crippen molar-refractivity contribution in [3.05, 3.63) is 68.3 Å². The van der Waals surface area contributed by atoms with Gasteiger partial charge in [0.1, 0.15) is 23.2 Å². The molecule has 4 rings (SSSR count). The minimum absolute atomic E-state index is 0.139. The Morgan fingerprint density at radius 3 is 2.69 bits per heavy atom. The Morgan fingerprint density at radius 2 is 2.06 bits per heavy atom. The van der Waals surface area contributed by atoms with Crippen molar-refractivity contribution in [1.29, 1.82) is 0 Å². The summed E-state index contributed by atoms with van der Waals surface area (Å²) >= 11 is 1.94. The molecule has 0 saturated heterocycles. The first kappa shape index (κ1) is 25.6. The number of nitrogens with two attached hydrogens (primary N) is 1. The van der Waals surface area contributed by atoms with Gasteiger partial charge in [-0.2, -0.15) is 0 Å². The van der Waals surface area contributed by atoms with Gasteiger partial charge in [0.2, 0.25) is 0 Å². The average Bonchev–Trinajstić information content (AvgIpc) is 3.25. The van der Waals surface area contributed by atoms with Gasteiger partial charge < -0.3 is 21.3 Å². The maximum absolute atomic E-state index is 15.1. The summed E-state index contributed by atoms with van der Waals surface area (Å²) in [7, 11) is 0. The first-order valence-corrected chi connectivity index (χ1v) is 12.4. The highest BCUT2D eigenvalue weighted by molar-refractivity contribution is 14.1. The molecule has 1 heterocycles. The largest absolute Gasteiger partial charge is 0.394 e. The van der Waals surface area contributed by atoms with Gasteiger partial charge >= 0.3 is 0 Å². The van der Waals surface area contributed by atoms with E-state index in [-0.39, 0.29) is 23.4 Å². The molecule has 0 spiro atoms. The number of aliphatic imine (C=N–C) groups is 2. The van der Waals surface area contributed by atoms with E-state index in [1.165, 1.54) is 24.3 Å². The predicted octanol–water partition coefficient (Wildman–Crippen LogP) is 3.11. The van der Waals surface area contributed by atoms with Gasteiger partial charge in [0, 0.05) is 9.13 Å². The zero-order valence-corrected chi connectivity index (χ0v) is 21.3. The number of rotatable bonds is 6. The molecule has 1 fully saturated rings. The molecule has 10 heteroatoms. The van der Waals surface area contributed by atoms with E-state index in [1.807, 2.05) is 29.5 Å². The highest BCUT2D eigenvalue weighted by atomic mass is 127. The molecular weight excluding hydrogens is 569 g/mol. The molecule has 5 N–H and O–H groups in total. The van der Waals surface area contributed by atoms with Crippen LogP contribution in [-0.4, -0.2) is 52.5 Å². The van der Waals surface area contributed by atoms with E-state index in [9.17, 15) is 19.4 Å². The number of amides is 1. The second-order valence-corrected chi connectivity index (χ2v) is 10.5. The third kappa shape index (κ3) is 5.54. The number of nitrogens with one attached hydrogen (secondary N) is 1. The molecular formula is C25H27F2IN4O3. The van der Waals surface area contributed by atoms with Gasteiger partial charge in [0.25, 0.3) is 5.91 Å². The Hall–Kier alpha value is -2.44. The lowest BCUT2D eigenvalue weighted by atomic mass is 9.83. The fourth-order valence-electron chi connectivity index (χ4n) is 4.72. The van der Waals surface area contributed by atoms with Gasteiger partial charge in [-0.1, -0.05) is 6.07 Å². The molecule has 2 aliphatic rings. The monoisotopic (exact) mass is 596 g/mol. The van der Waals surface area contributed by atoms with Crippen molar-refractivity contribution in [2.45, 2.75) is 43.9 Å². The Morgan fingerprint density at radius 1 is 1.29 bits per heavy atom. The summed E-state index contributed by atoms with van der Waals surface area (Å²) in [6, 6.07) is 7.32. The predicted molar refractivity (Wildman–Crippen MR) is 138 cm³/mol. The molecule has 2 aromatic rings. The topological polar surface area (TPSA) is 120 Å². The minimum Gasteiger partial charge on any atom is -0.394 e. The second kappa shape index (κ2) is 10.3. The van der Waals surface area contributed by atoms with Gasteiger partial charge in [-0.15, -0.1) is 0 Å². The van der Waals surface area contributed by atoms with Crippen LogP contribution in [-0.2, 0) is 0 Å². The number of carbonyl (C=O) groups is 1. The van der Waals surface area contributed by atoms with Crippen LogP contribution >= 0.6 is 22.6 Å². The van der Waals surface area contributed by atoms with Crippen molar-refractivity contribution in [2.75, 3.05) is 13.2 Å². The quantitative estimate of drug-likeness (QED) is 0.383. The molecule has 1 aliphatic heterocycles. The fourth-order valence-corrected chi connectivity index (χ4v) is 5.37. The molecule has 7 nitrogen and oxygen atoms in total. The number of benzene rings is 2. The third-order valence-corrected chi connectivity index (χ3v) is 7.35. The second-order valence-electron chi connectivity index (χ2n) is 9.29. The van der Waals surface area contributed by atoms with Crippen LogP contribution in [0.25, 0.3) is 0 Å². The van der Waals surface area contributed by atoms with Crippen molar-refractivity contribution in [3.63, 3.8) is 0 Å². The zero-order chi connectivity index (χ0) is 25.3. The molecule has 4 atom stereocenters. The summed E-state index contributed by atoms with van der Waals surface area (Å²) in [5, 5.41) is 22.2. The van der Waals surface area contributed by atoms with Crippen LogP contribution in [0.5, 0.6) is 0 Å². The number of nitrogens with zero attached hydrogens (tertiary/aromatic N) is 2. The maximum Gasteiger partial charge on any atom is 0.254 e. The number of hydrogen-bond donors (Lipinski definition) is 4. The van der Waals surface area contributed by atoms with Gasteiger partial charge in [0.15, 0.2) is 0 Å². The molecule has 35 heavy (non-hydrogen) atoms. The smallest absolute Gasteiger partial charge is 0.254 e. The minimum atomic E-state index is -0.904. The Balaban J connectivity index is 1.57. The Labute approximate surface area is 215 Å². The van der Waals surface area contributed by atoms with E-state index in [2.05, 4.69) is 10.3 Å². The summed E-state index contributed by atoms with van der Waals surface area (Å²) in [6.45, 7) is 1.87. The van der Waals surface area contributed by atoms with Crippen molar-refractivity contribution < 1.29 is 23.8 Å². The molecule has 1 saturated carbocycles. The normalized spacial score (nSPS) is 25.1. The number of aliphatic hydroxyl groups excluding tert-OH is 2. The highest BCUT2D eigenvalue weighted by Gasteiger charge is 2.41. The van der Waals surface area contributed by atoms with Gasteiger partial charge in [-0.05, 0) is 90.6 Å². The van der Waals surface area contributed by atoms with Crippen LogP contribution in [0.1, 0.15) is 53.7 Å². The van der Waals surface area contributed by atoms with Crippen molar-refractivity contribution >= 4 is 40.0 Å². The van der Waals surface area contributed by atoms with Crippen molar-refractivity contribution in [3.8, 4) is 0 Å². The molecule has 186 valence electrons.